The smallest absolute Gasteiger partial charge is 0.407 e. The van der Waals surface area contributed by atoms with E-state index in [-0.39, 0.29) is 0 Å². The molecule has 1 saturated heterocycles. The van der Waals surface area contributed by atoms with Crippen molar-refractivity contribution in [2.75, 3.05) is 26.3 Å². The zero-order valence-corrected chi connectivity index (χ0v) is 11.0. The second kappa shape index (κ2) is 7.09. The second-order valence-corrected chi connectivity index (χ2v) is 4.89. The van der Waals surface area contributed by atoms with E-state index in [4.69, 9.17) is 9.84 Å². The summed E-state index contributed by atoms with van der Waals surface area (Å²) >= 11 is 0. The Labute approximate surface area is 113 Å². The Kier molecular flexibility index (Phi) is 5.15. The van der Waals surface area contributed by atoms with Gasteiger partial charge in [-0.15, -0.1) is 0 Å². The van der Waals surface area contributed by atoms with Crippen LogP contribution in [0.4, 0.5) is 4.79 Å². The Bertz CT molecular complexity index is 389. The predicted octanol–water partition coefficient (Wildman–Crippen LogP) is 2.03. The van der Waals surface area contributed by atoms with E-state index in [2.05, 4.69) is 4.98 Å². The van der Waals surface area contributed by atoms with Gasteiger partial charge in [-0.1, -0.05) is 0 Å². The van der Waals surface area contributed by atoms with Gasteiger partial charge in [0.25, 0.3) is 0 Å². The van der Waals surface area contributed by atoms with Crippen molar-refractivity contribution in [3.8, 4) is 0 Å². The molecule has 5 nitrogen and oxygen atoms in total. The molecule has 0 unspecified atom stereocenters. The summed E-state index contributed by atoms with van der Waals surface area (Å²) < 4.78 is 5.69. The molecule has 5 heteroatoms. The predicted molar refractivity (Wildman–Crippen MR) is 71.1 cm³/mol. The third kappa shape index (κ3) is 4.52. The monoisotopic (exact) mass is 264 g/mol. The van der Waals surface area contributed by atoms with E-state index in [1.165, 1.54) is 10.5 Å². The van der Waals surface area contributed by atoms with Gasteiger partial charge in [-0.3, -0.25) is 4.98 Å². The molecule has 19 heavy (non-hydrogen) atoms. The molecule has 0 aromatic carbocycles. The summed E-state index contributed by atoms with van der Waals surface area (Å²) in [5.74, 6) is 0.494. The third-order valence-corrected chi connectivity index (χ3v) is 3.52. The first-order chi connectivity index (χ1) is 9.25. The molecule has 2 heterocycles. The fourth-order valence-electron chi connectivity index (χ4n) is 2.28. The number of amides is 1. The third-order valence-electron chi connectivity index (χ3n) is 3.52. The number of nitrogens with zero attached hydrogens (tertiary/aromatic N) is 2. The minimum atomic E-state index is -0.808. The van der Waals surface area contributed by atoms with Gasteiger partial charge < -0.3 is 14.7 Å². The quantitative estimate of drug-likeness (QED) is 0.827. The Morgan fingerprint density at radius 3 is 2.68 bits per heavy atom. The lowest BCUT2D eigenvalue weighted by atomic mass is 9.98. The van der Waals surface area contributed by atoms with Crippen LogP contribution in [-0.2, 0) is 11.2 Å². The largest absolute Gasteiger partial charge is 0.465 e. The molecule has 1 aromatic heterocycles. The van der Waals surface area contributed by atoms with Gasteiger partial charge in [0, 0.05) is 32.1 Å². The molecule has 0 aliphatic carbocycles. The van der Waals surface area contributed by atoms with Crippen molar-refractivity contribution in [1.82, 2.24) is 9.88 Å². The SMILES string of the molecule is O=C(O)N1CCC(COCCc2ccncc2)CC1. The maximum atomic E-state index is 10.8. The normalized spacial score (nSPS) is 16.5. The van der Waals surface area contributed by atoms with Crippen molar-refractivity contribution in [1.29, 1.82) is 0 Å². The van der Waals surface area contributed by atoms with Crippen molar-refractivity contribution < 1.29 is 14.6 Å². The summed E-state index contributed by atoms with van der Waals surface area (Å²) in [7, 11) is 0. The summed E-state index contributed by atoms with van der Waals surface area (Å²) in [6.07, 6.45) is 5.48. The molecule has 0 bridgehead atoms. The van der Waals surface area contributed by atoms with Crippen LogP contribution in [0.5, 0.6) is 0 Å². The molecule has 1 aromatic rings. The van der Waals surface area contributed by atoms with Crippen LogP contribution >= 0.6 is 0 Å². The molecular weight excluding hydrogens is 244 g/mol. The highest BCUT2D eigenvalue weighted by molar-refractivity contribution is 5.64. The molecule has 1 N–H and O–H groups in total. The van der Waals surface area contributed by atoms with Gasteiger partial charge in [-0.05, 0) is 42.9 Å². The lowest BCUT2D eigenvalue weighted by Crippen LogP contribution is -2.38. The number of pyridine rings is 1. The van der Waals surface area contributed by atoms with Crippen molar-refractivity contribution >= 4 is 6.09 Å². The average molecular weight is 264 g/mol. The summed E-state index contributed by atoms with van der Waals surface area (Å²) in [5.41, 5.74) is 1.23. The molecule has 0 saturated carbocycles. The second-order valence-electron chi connectivity index (χ2n) is 4.89. The van der Waals surface area contributed by atoms with Gasteiger partial charge in [0.05, 0.1) is 6.61 Å². The maximum absolute atomic E-state index is 10.8. The van der Waals surface area contributed by atoms with Crippen LogP contribution in [0.15, 0.2) is 24.5 Å². The molecule has 1 aliphatic rings. The minimum Gasteiger partial charge on any atom is -0.465 e. The van der Waals surface area contributed by atoms with E-state index in [9.17, 15) is 4.79 Å². The summed E-state index contributed by atoms with van der Waals surface area (Å²) in [4.78, 5) is 16.2. The fourth-order valence-corrected chi connectivity index (χ4v) is 2.28. The Balaban J connectivity index is 1.58. The average Bonchev–Trinajstić information content (AvgIpc) is 2.45. The van der Waals surface area contributed by atoms with E-state index in [1.807, 2.05) is 12.1 Å². The highest BCUT2D eigenvalue weighted by atomic mass is 16.5. The van der Waals surface area contributed by atoms with Gasteiger partial charge in [0.1, 0.15) is 0 Å². The number of likely N-dealkylation sites (tertiary alicyclic amines) is 1. The molecule has 104 valence electrons. The van der Waals surface area contributed by atoms with Gasteiger partial charge in [0.15, 0.2) is 0 Å². The zero-order chi connectivity index (χ0) is 13.5. The molecule has 0 radical (unpaired) electrons. The van der Waals surface area contributed by atoms with E-state index >= 15 is 0 Å². The Hall–Kier alpha value is -1.62. The van der Waals surface area contributed by atoms with E-state index < -0.39 is 6.09 Å². The van der Waals surface area contributed by atoms with Gasteiger partial charge in [0.2, 0.25) is 0 Å². The first-order valence-corrected chi connectivity index (χ1v) is 6.70. The number of hydrogen-bond donors (Lipinski definition) is 1. The summed E-state index contributed by atoms with van der Waals surface area (Å²) in [6.45, 7) is 2.71. The van der Waals surface area contributed by atoms with Crippen LogP contribution in [0.2, 0.25) is 0 Å². The number of rotatable bonds is 5. The van der Waals surface area contributed by atoms with E-state index in [1.54, 1.807) is 12.4 Å². The zero-order valence-electron chi connectivity index (χ0n) is 11.0. The van der Waals surface area contributed by atoms with Crippen molar-refractivity contribution in [2.45, 2.75) is 19.3 Å². The summed E-state index contributed by atoms with van der Waals surface area (Å²) in [6, 6.07) is 3.99. The first kappa shape index (κ1) is 13.8. The molecule has 0 spiro atoms. The molecule has 1 amide bonds. The molecule has 0 atom stereocenters. The summed E-state index contributed by atoms with van der Waals surface area (Å²) in [5, 5.41) is 8.85. The molecular formula is C14H20N2O3. The molecule has 1 fully saturated rings. The Morgan fingerprint density at radius 2 is 2.05 bits per heavy atom. The number of aromatic nitrogens is 1. The minimum absolute atomic E-state index is 0.494. The van der Waals surface area contributed by atoms with E-state index in [0.717, 1.165) is 25.9 Å². The first-order valence-electron chi connectivity index (χ1n) is 6.70. The molecule has 1 aliphatic heterocycles. The van der Waals surface area contributed by atoms with Crippen LogP contribution in [0.1, 0.15) is 18.4 Å². The van der Waals surface area contributed by atoms with Gasteiger partial charge in [-0.2, -0.15) is 0 Å². The number of carboxylic acid groups (broad SMARTS) is 1. The standard InChI is InChI=1S/C14H20N2O3/c17-14(18)16-8-3-13(4-9-16)11-19-10-5-12-1-6-15-7-2-12/h1-2,6-7,13H,3-5,8-11H2,(H,17,18). The number of piperidine rings is 1. The lowest BCUT2D eigenvalue weighted by Gasteiger charge is -2.29. The van der Waals surface area contributed by atoms with Gasteiger partial charge >= 0.3 is 6.09 Å². The van der Waals surface area contributed by atoms with Crippen LogP contribution in [0.25, 0.3) is 0 Å². The highest BCUT2D eigenvalue weighted by Crippen LogP contribution is 2.17. The van der Waals surface area contributed by atoms with Gasteiger partial charge in [-0.25, -0.2) is 4.79 Å². The lowest BCUT2D eigenvalue weighted by molar-refractivity contribution is 0.0666. The topological polar surface area (TPSA) is 62.7 Å². The number of ether oxygens (including phenoxy) is 1. The van der Waals surface area contributed by atoms with Crippen LogP contribution in [-0.4, -0.2) is 47.4 Å². The Morgan fingerprint density at radius 1 is 1.37 bits per heavy atom. The highest BCUT2D eigenvalue weighted by Gasteiger charge is 2.22. The van der Waals surface area contributed by atoms with Crippen molar-refractivity contribution in [3.05, 3.63) is 30.1 Å². The van der Waals surface area contributed by atoms with Crippen LogP contribution in [0, 0.1) is 5.92 Å². The molecule has 2 rings (SSSR count). The van der Waals surface area contributed by atoms with Crippen molar-refractivity contribution in [2.24, 2.45) is 5.92 Å². The number of carbonyl (C=O) groups is 1. The van der Waals surface area contributed by atoms with E-state index in [0.29, 0.717) is 25.6 Å². The number of hydrogen-bond acceptors (Lipinski definition) is 3. The van der Waals surface area contributed by atoms with Crippen LogP contribution < -0.4 is 0 Å². The fraction of sp³-hybridized carbons (Fsp3) is 0.571. The van der Waals surface area contributed by atoms with Crippen molar-refractivity contribution in [3.63, 3.8) is 0 Å². The van der Waals surface area contributed by atoms with Crippen LogP contribution in [0.3, 0.4) is 0 Å². The maximum Gasteiger partial charge on any atom is 0.407 e.